The Morgan fingerprint density at radius 1 is 1.18 bits per heavy atom. The summed E-state index contributed by atoms with van der Waals surface area (Å²) in [5.74, 6) is 0. The van der Waals surface area contributed by atoms with Crippen molar-refractivity contribution in [1.29, 1.82) is 0 Å². The quantitative estimate of drug-likeness (QED) is 0.618. The van der Waals surface area contributed by atoms with Gasteiger partial charge in [0.25, 0.3) is 0 Å². The fourth-order valence-electron chi connectivity index (χ4n) is 0.801. The van der Waals surface area contributed by atoms with Gasteiger partial charge >= 0.3 is 0 Å². The van der Waals surface area contributed by atoms with Crippen LogP contribution in [0.3, 0.4) is 0 Å². The van der Waals surface area contributed by atoms with Gasteiger partial charge < -0.3 is 10.2 Å². The molecule has 0 aliphatic rings. The number of hydrogen-bond donors (Lipinski definition) is 2. The van der Waals surface area contributed by atoms with Gasteiger partial charge in [0.1, 0.15) is 0 Å². The third-order valence-electron chi connectivity index (χ3n) is 1.46. The molecule has 0 atom stereocenters. The van der Waals surface area contributed by atoms with E-state index in [4.69, 9.17) is 10.2 Å². The molecular weight excluding hydrogens is 140 g/mol. The van der Waals surface area contributed by atoms with Crippen molar-refractivity contribution in [2.45, 2.75) is 6.29 Å². The molecule has 2 N–H and O–H groups in total. The summed E-state index contributed by atoms with van der Waals surface area (Å²) in [4.78, 5) is 0. The van der Waals surface area contributed by atoms with E-state index in [9.17, 15) is 0 Å². The summed E-state index contributed by atoms with van der Waals surface area (Å²) in [5, 5.41) is 17.5. The minimum atomic E-state index is -1.46. The van der Waals surface area contributed by atoms with Crippen molar-refractivity contribution >= 4 is 5.57 Å². The van der Waals surface area contributed by atoms with Crippen LogP contribution in [-0.2, 0) is 0 Å². The van der Waals surface area contributed by atoms with Crippen molar-refractivity contribution in [3.05, 3.63) is 42.5 Å². The molecule has 0 aliphatic heterocycles. The maximum Gasteiger partial charge on any atom is 0.178 e. The van der Waals surface area contributed by atoms with Crippen LogP contribution in [0.5, 0.6) is 0 Å². The molecule has 0 fully saturated rings. The smallest absolute Gasteiger partial charge is 0.178 e. The first-order chi connectivity index (χ1) is 5.22. The molecule has 0 saturated heterocycles. The number of aliphatic hydroxyl groups is 2. The molecular formula is C9H10O2. The normalized spacial score (nSPS) is 10.1. The summed E-state index contributed by atoms with van der Waals surface area (Å²) >= 11 is 0. The first-order valence-electron chi connectivity index (χ1n) is 3.32. The summed E-state index contributed by atoms with van der Waals surface area (Å²) in [5.41, 5.74) is 1.08. The van der Waals surface area contributed by atoms with E-state index in [1.165, 1.54) is 0 Å². The molecule has 0 unspecified atom stereocenters. The molecule has 1 aromatic carbocycles. The Morgan fingerprint density at radius 2 is 1.73 bits per heavy atom. The fourth-order valence-corrected chi connectivity index (χ4v) is 0.801. The minimum absolute atomic E-state index is 0.325. The highest BCUT2D eigenvalue weighted by atomic mass is 16.5. The summed E-state index contributed by atoms with van der Waals surface area (Å²) in [6.45, 7) is 3.52. The predicted molar refractivity (Wildman–Crippen MR) is 43.7 cm³/mol. The predicted octanol–water partition coefficient (Wildman–Crippen LogP) is 1.01. The average molecular weight is 150 g/mol. The van der Waals surface area contributed by atoms with Crippen molar-refractivity contribution in [2.75, 3.05) is 0 Å². The molecule has 0 radical (unpaired) electrons. The van der Waals surface area contributed by atoms with Gasteiger partial charge in [-0.15, -0.1) is 0 Å². The lowest BCUT2D eigenvalue weighted by Crippen LogP contribution is -2.05. The van der Waals surface area contributed by atoms with E-state index in [0.717, 1.165) is 5.56 Å². The van der Waals surface area contributed by atoms with Crippen LogP contribution >= 0.6 is 0 Å². The van der Waals surface area contributed by atoms with E-state index in [2.05, 4.69) is 6.58 Å². The van der Waals surface area contributed by atoms with E-state index < -0.39 is 6.29 Å². The van der Waals surface area contributed by atoms with Crippen LogP contribution in [0.2, 0.25) is 0 Å². The molecule has 0 aliphatic carbocycles. The lowest BCUT2D eigenvalue weighted by Gasteiger charge is -2.06. The van der Waals surface area contributed by atoms with E-state index in [-0.39, 0.29) is 0 Å². The van der Waals surface area contributed by atoms with Crippen molar-refractivity contribution in [3.63, 3.8) is 0 Å². The second-order valence-electron chi connectivity index (χ2n) is 2.26. The summed E-state index contributed by atoms with van der Waals surface area (Å²) < 4.78 is 0. The average Bonchev–Trinajstić information content (AvgIpc) is 2.05. The zero-order valence-electron chi connectivity index (χ0n) is 6.07. The maximum absolute atomic E-state index is 8.73. The van der Waals surface area contributed by atoms with Gasteiger partial charge in [0.2, 0.25) is 0 Å². The molecule has 11 heavy (non-hydrogen) atoms. The highest BCUT2D eigenvalue weighted by molar-refractivity contribution is 5.64. The van der Waals surface area contributed by atoms with Crippen LogP contribution in [0.15, 0.2) is 36.9 Å². The molecule has 0 aromatic heterocycles. The first kappa shape index (κ1) is 7.98. The van der Waals surface area contributed by atoms with Crippen LogP contribution in [0, 0.1) is 0 Å². The highest BCUT2D eigenvalue weighted by Gasteiger charge is 2.04. The third-order valence-corrected chi connectivity index (χ3v) is 1.46. The van der Waals surface area contributed by atoms with Crippen molar-refractivity contribution in [1.82, 2.24) is 0 Å². The largest absolute Gasteiger partial charge is 0.364 e. The second kappa shape index (κ2) is 3.32. The molecule has 2 heteroatoms. The van der Waals surface area contributed by atoms with Gasteiger partial charge in [-0.2, -0.15) is 0 Å². The molecule has 0 amide bonds. The number of hydrogen-bond acceptors (Lipinski definition) is 2. The van der Waals surface area contributed by atoms with Gasteiger partial charge in [-0.05, 0) is 5.56 Å². The zero-order valence-corrected chi connectivity index (χ0v) is 6.07. The molecule has 0 heterocycles. The van der Waals surface area contributed by atoms with Gasteiger partial charge in [0.15, 0.2) is 6.29 Å². The van der Waals surface area contributed by atoms with E-state index in [1.807, 2.05) is 18.2 Å². The summed E-state index contributed by atoms with van der Waals surface area (Å²) in [7, 11) is 0. The Labute approximate surface area is 65.4 Å². The van der Waals surface area contributed by atoms with Crippen LogP contribution in [0.4, 0.5) is 0 Å². The molecule has 2 nitrogen and oxygen atoms in total. The molecule has 0 bridgehead atoms. The maximum atomic E-state index is 8.73. The Bertz CT molecular complexity index is 239. The lowest BCUT2D eigenvalue weighted by molar-refractivity contribution is 0.0115. The fraction of sp³-hybridized carbons (Fsp3) is 0.111. The monoisotopic (exact) mass is 150 g/mol. The molecule has 1 rings (SSSR count). The molecule has 0 spiro atoms. The van der Waals surface area contributed by atoms with Crippen LogP contribution in [0.1, 0.15) is 5.56 Å². The van der Waals surface area contributed by atoms with E-state index in [1.54, 1.807) is 12.1 Å². The van der Waals surface area contributed by atoms with Gasteiger partial charge in [0, 0.05) is 5.57 Å². The second-order valence-corrected chi connectivity index (χ2v) is 2.26. The molecule has 58 valence electrons. The Balaban J connectivity index is 2.86. The molecule has 1 aromatic rings. The zero-order chi connectivity index (χ0) is 8.27. The molecule has 0 saturated carbocycles. The highest BCUT2D eigenvalue weighted by Crippen LogP contribution is 2.13. The Morgan fingerprint density at radius 3 is 2.18 bits per heavy atom. The van der Waals surface area contributed by atoms with Crippen LogP contribution in [0.25, 0.3) is 5.57 Å². The van der Waals surface area contributed by atoms with Crippen molar-refractivity contribution in [3.8, 4) is 0 Å². The van der Waals surface area contributed by atoms with Gasteiger partial charge in [-0.3, -0.25) is 0 Å². The van der Waals surface area contributed by atoms with Gasteiger partial charge in [-0.1, -0.05) is 36.9 Å². The third kappa shape index (κ3) is 1.90. The number of aliphatic hydroxyl groups excluding tert-OH is 1. The topological polar surface area (TPSA) is 40.5 Å². The van der Waals surface area contributed by atoms with Gasteiger partial charge in [0.05, 0.1) is 0 Å². The SMILES string of the molecule is C=C(c1ccccc1)C(O)O. The van der Waals surface area contributed by atoms with E-state index in [0.29, 0.717) is 5.57 Å². The standard InChI is InChI=1S/C9H10O2/c1-7(9(10)11)8-5-3-2-4-6-8/h2-6,9-11H,1H2. The van der Waals surface area contributed by atoms with Crippen molar-refractivity contribution < 1.29 is 10.2 Å². The number of benzene rings is 1. The van der Waals surface area contributed by atoms with Crippen LogP contribution in [-0.4, -0.2) is 16.5 Å². The summed E-state index contributed by atoms with van der Waals surface area (Å²) in [6.07, 6.45) is -1.46. The Kier molecular flexibility index (Phi) is 2.41. The Hall–Kier alpha value is -1.12. The number of rotatable bonds is 2. The summed E-state index contributed by atoms with van der Waals surface area (Å²) in [6, 6.07) is 9.07. The van der Waals surface area contributed by atoms with Gasteiger partial charge in [-0.25, -0.2) is 0 Å². The van der Waals surface area contributed by atoms with E-state index >= 15 is 0 Å². The minimum Gasteiger partial charge on any atom is -0.364 e. The van der Waals surface area contributed by atoms with Crippen molar-refractivity contribution in [2.24, 2.45) is 0 Å². The van der Waals surface area contributed by atoms with Crippen LogP contribution < -0.4 is 0 Å². The first-order valence-corrected chi connectivity index (χ1v) is 3.32. The lowest BCUT2D eigenvalue weighted by atomic mass is 10.1.